The number of pyridine rings is 2. The summed E-state index contributed by atoms with van der Waals surface area (Å²) >= 11 is 0. The first kappa shape index (κ1) is 22.7. The van der Waals surface area contributed by atoms with Crippen molar-refractivity contribution in [1.82, 2.24) is 30.3 Å². The van der Waals surface area contributed by atoms with E-state index in [1.807, 2.05) is 6.07 Å². The molecule has 0 aliphatic heterocycles. The fourth-order valence-electron chi connectivity index (χ4n) is 3.61. The average molecular weight is 467 g/mol. The first-order valence-electron chi connectivity index (χ1n) is 10.4. The van der Waals surface area contributed by atoms with Crippen molar-refractivity contribution in [2.24, 2.45) is 5.92 Å². The molecule has 12 nitrogen and oxygen atoms in total. The minimum Gasteiger partial charge on any atom is -0.479 e. The second-order valence-electron chi connectivity index (χ2n) is 7.77. The van der Waals surface area contributed by atoms with E-state index in [9.17, 15) is 14.4 Å². The Hall–Kier alpha value is -4.47. The van der Waals surface area contributed by atoms with E-state index in [-0.39, 0.29) is 35.0 Å². The molecule has 0 saturated heterocycles. The Morgan fingerprint density at radius 3 is 2.68 bits per heavy atom. The number of nitrogens with one attached hydrogen (secondary N) is 3. The molecule has 2 atom stereocenters. The van der Waals surface area contributed by atoms with Crippen molar-refractivity contribution in [1.29, 1.82) is 5.26 Å². The number of anilines is 3. The van der Waals surface area contributed by atoms with Gasteiger partial charge in [-0.1, -0.05) is 0 Å². The van der Waals surface area contributed by atoms with E-state index < -0.39 is 18.0 Å². The van der Waals surface area contributed by atoms with E-state index in [4.69, 9.17) is 9.84 Å². The second-order valence-corrected chi connectivity index (χ2v) is 7.77. The van der Waals surface area contributed by atoms with E-state index >= 15 is 0 Å². The van der Waals surface area contributed by atoms with Gasteiger partial charge < -0.3 is 25.8 Å². The zero-order valence-corrected chi connectivity index (χ0v) is 18.4. The fraction of sp³-hybridized carbons (Fsp3) is 0.333. The zero-order valence-electron chi connectivity index (χ0n) is 18.4. The van der Waals surface area contributed by atoms with Gasteiger partial charge in [-0.3, -0.25) is 0 Å². The summed E-state index contributed by atoms with van der Waals surface area (Å²) in [6.45, 7) is 1.71. The molecule has 0 unspecified atom stereocenters. The molecule has 1 aliphatic carbocycles. The van der Waals surface area contributed by atoms with Crippen LogP contribution >= 0.6 is 0 Å². The Labute approximate surface area is 193 Å². The number of carbonyl (C=O) groups is 1. The highest BCUT2D eigenvalue weighted by atomic mass is 19.1. The molecular formula is C21H22FN9O3. The summed E-state index contributed by atoms with van der Waals surface area (Å²) in [5, 5.41) is 35.2. The third kappa shape index (κ3) is 4.96. The number of rotatable bonds is 9. The predicted molar refractivity (Wildman–Crippen MR) is 119 cm³/mol. The Morgan fingerprint density at radius 1 is 1.32 bits per heavy atom. The van der Waals surface area contributed by atoms with Gasteiger partial charge in [0.15, 0.2) is 17.5 Å². The molecule has 1 fully saturated rings. The Kier molecular flexibility index (Phi) is 6.39. The molecule has 13 heteroatoms. The van der Waals surface area contributed by atoms with Crippen molar-refractivity contribution in [3.8, 4) is 17.6 Å². The number of amides is 1. The largest absolute Gasteiger partial charge is 0.479 e. The summed E-state index contributed by atoms with van der Waals surface area (Å²) in [6.07, 6.45) is 5.11. The second kappa shape index (κ2) is 9.57. The topological polar surface area (TPSA) is 163 Å². The van der Waals surface area contributed by atoms with Crippen LogP contribution in [0.2, 0.25) is 0 Å². The summed E-state index contributed by atoms with van der Waals surface area (Å²) in [6, 6.07) is 3.81. The van der Waals surface area contributed by atoms with Crippen LogP contribution in [0.15, 0.2) is 30.7 Å². The lowest BCUT2D eigenvalue weighted by molar-refractivity contribution is 0.188. The van der Waals surface area contributed by atoms with Gasteiger partial charge in [0.2, 0.25) is 5.88 Å². The highest BCUT2D eigenvalue weighted by Gasteiger charge is 2.36. The normalized spacial score (nSPS) is 14.5. The molecule has 3 heterocycles. The summed E-state index contributed by atoms with van der Waals surface area (Å²) in [7, 11) is 1.46. The average Bonchev–Trinajstić information content (AvgIpc) is 3.50. The van der Waals surface area contributed by atoms with Gasteiger partial charge in [0.25, 0.3) is 0 Å². The quantitative estimate of drug-likeness (QED) is 0.368. The lowest BCUT2D eigenvalue weighted by Crippen LogP contribution is -2.45. The van der Waals surface area contributed by atoms with Crippen molar-refractivity contribution in [2.75, 3.05) is 17.7 Å². The maximum atomic E-state index is 14.8. The van der Waals surface area contributed by atoms with Crippen LogP contribution in [0.4, 0.5) is 26.5 Å². The first-order chi connectivity index (χ1) is 16.4. The van der Waals surface area contributed by atoms with Crippen molar-refractivity contribution in [3.05, 3.63) is 42.1 Å². The number of ether oxygens (including phenoxy) is 1. The van der Waals surface area contributed by atoms with Crippen LogP contribution in [-0.4, -0.2) is 55.4 Å². The molecule has 1 aliphatic rings. The van der Waals surface area contributed by atoms with Crippen molar-refractivity contribution in [3.63, 3.8) is 0 Å². The number of methoxy groups -OCH3 is 1. The van der Waals surface area contributed by atoms with Gasteiger partial charge in [-0.2, -0.15) is 15.5 Å². The third-order valence-electron chi connectivity index (χ3n) is 5.34. The summed E-state index contributed by atoms with van der Waals surface area (Å²) < 4.78 is 20.0. The molecule has 0 radical (unpaired) electrons. The molecule has 1 amide bonds. The molecule has 0 aromatic carbocycles. The van der Waals surface area contributed by atoms with E-state index in [0.717, 1.165) is 18.9 Å². The van der Waals surface area contributed by atoms with Crippen LogP contribution in [0.25, 0.3) is 5.69 Å². The Bertz CT molecular complexity index is 1220. The van der Waals surface area contributed by atoms with E-state index in [0.29, 0.717) is 11.4 Å². The maximum Gasteiger partial charge on any atom is 0.404 e. The summed E-state index contributed by atoms with van der Waals surface area (Å²) in [5.74, 6) is -0.238. The van der Waals surface area contributed by atoms with Gasteiger partial charge in [-0.25, -0.2) is 19.2 Å². The number of nitriles is 1. The van der Waals surface area contributed by atoms with Gasteiger partial charge in [-0.15, -0.1) is 4.80 Å². The molecule has 176 valence electrons. The van der Waals surface area contributed by atoms with E-state index in [1.165, 1.54) is 30.5 Å². The van der Waals surface area contributed by atoms with E-state index in [2.05, 4.69) is 36.1 Å². The van der Waals surface area contributed by atoms with Gasteiger partial charge in [0, 0.05) is 6.04 Å². The monoisotopic (exact) mass is 467 g/mol. The zero-order chi connectivity index (χ0) is 24.2. The molecule has 4 N–H and O–H groups in total. The first-order valence-corrected chi connectivity index (χ1v) is 10.4. The standard InChI is InChI=1S/C21H22FN9O3/c1-11(27-21(32)33)17(12-3-4-12)29-19-15(22)7-13(9-23)18(30-19)28-14-8-16(20(34-2)24-10-14)31-25-5-6-26-31/h5-8,10-12,17,27H,3-4H2,1-2H3,(H,32,33)(H2,28,29,30)/t11-,17-/m0/s1. The molecule has 4 rings (SSSR count). The number of hydrogen-bond acceptors (Lipinski definition) is 9. The SMILES string of the molecule is COc1ncc(Nc2nc(N[C@H](C3CC3)[C@H](C)NC(=O)O)c(F)cc2C#N)cc1-n1nccn1. The predicted octanol–water partition coefficient (Wildman–Crippen LogP) is 2.67. The van der Waals surface area contributed by atoms with Gasteiger partial charge in [0.1, 0.15) is 11.8 Å². The Morgan fingerprint density at radius 2 is 2.06 bits per heavy atom. The molecule has 1 saturated carbocycles. The number of nitrogens with zero attached hydrogens (tertiary/aromatic N) is 6. The van der Waals surface area contributed by atoms with Crippen LogP contribution in [0.3, 0.4) is 0 Å². The van der Waals surface area contributed by atoms with Crippen LogP contribution in [0, 0.1) is 23.1 Å². The molecule has 0 bridgehead atoms. The molecular weight excluding hydrogens is 445 g/mol. The fourth-order valence-corrected chi connectivity index (χ4v) is 3.61. The molecule has 34 heavy (non-hydrogen) atoms. The van der Waals surface area contributed by atoms with Gasteiger partial charge >= 0.3 is 6.09 Å². The number of aromatic nitrogens is 5. The van der Waals surface area contributed by atoms with Gasteiger partial charge in [0.05, 0.1) is 43.0 Å². The lowest BCUT2D eigenvalue weighted by atomic mass is 10.0. The van der Waals surface area contributed by atoms with Crippen LogP contribution in [-0.2, 0) is 0 Å². The molecule has 0 spiro atoms. The summed E-state index contributed by atoms with van der Waals surface area (Å²) in [4.78, 5) is 20.9. The molecule has 3 aromatic heterocycles. The third-order valence-corrected chi connectivity index (χ3v) is 5.34. The van der Waals surface area contributed by atoms with Crippen LogP contribution in [0.5, 0.6) is 5.88 Å². The minimum absolute atomic E-state index is 0.0164. The van der Waals surface area contributed by atoms with Crippen molar-refractivity contribution >= 4 is 23.4 Å². The maximum absolute atomic E-state index is 14.8. The lowest BCUT2D eigenvalue weighted by Gasteiger charge is -2.26. The van der Waals surface area contributed by atoms with Crippen molar-refractivity contribution in [2.45, 2.75) is 31.8 Å². The number of carboxylic acid groups (broad SMARTS) is 1. The highest BCUT2D eigenvalue weighted by molar-refractivity contribution is 5.67. The van der Waals surface area contributed by atoms with Crippen LogP contribution in [0.1, 0.15) is 25.3 Å². The number of halogens is 1. The highest BCUT2D eigenvalue weighted by Crippen LogP contribution is 2.36. The van der Waals surface area contributed by atoms with Crippen LogP contribution < -0.4 is 20.7 Å². The van der Waals surface area contributed by atoms with Crippen molar-refractivity contribution < 1.29 is 19.0 Å². The summed E-state index contributed by atoms with van der Waals surface area (Å²) in [5.41, 5.74) is 0.866. The molecule has 3 aromatic rings. The minimum atomic E-state index is -1.16. The smallest absolute Gasteiger partial charge is 0.404 e. The van der Waals surface area contributed by atoms with E-state index in [1.54, 1.807) is 13.0 Å². The number of hydrogen-bond donors (Lipinski definition) is 4. The Balaban J connectivity index is 1.64. The van der Waals surface area contributed by atoms with Gasteiger partial charge in [-0.05, 0) is 37.8 Å².